The number of anilines is 2. The van der Waals surface area contributed by atoms with Gasteiger partial charge in [0.25, 0.3) is 11.8 Å². The van der Waals surface area contributed by atoms with Crippen LogP contribution in [-0.4, -0.2) is 37.0 Å². The summed E-state index contributed by atoms with van der Waals surface area (Å²) in [6.45, 7) is 11.9. The van der Waals surface area contributed by atoms with Crippen LogP contribution in [0.15, 0.2) is 42.0 Å². The van der Waals surface area contributed by atoms with Gasteiger partial charge in [-0.15, -0.1) is 0 Å². The average molecular weight is 476 g/mol. The quantitative estimate of drug-likeness (QED) is 0.477. The number of urea groups is 1. The van der Waals surface area contributed by atoms with Gasteiger partial charge in [0.1, 0.15) is 11.3 Å². The fourth-order valence-corrected chi connectivity index (χ4v) is 5.23. The molecule has 2 heterocycles. The molecule has 0 radical (unpaired) electrons. The molecular formula is C28H33N3O4. The maximum atomic E-state index is 13.3. The summed E-state index contributed by atoms with van der Waals surface area (Å²) in [6.07, 6.45) is 3.66. The fourth-order valence-electron chi connectivity index (χ4n) is 5.23. The highest BCUT2D eigenvalue weighted by Crippen LogP contribution is 2.44. The highest BCUT2D eigenvalue weighted by atomic mass is 16.5. The van der Waals surface area contributed by atoms with Gasteiger partial charge in [-0.2, -0.15) is 0 Å². The van der Waals surface area contributed by atoms with E-state index < -0.39 is 17.8 Å². The maximum Gasteiger partial charge on any atom is 0.335 e. The fraction of sp³-hybridized carbons (Fsp3) is 0.393. The summed E-state index contributed by atoms with van der Waals surface area (Å²) in [4.78, 5) is 42.0. The van der Waals surface area contributed by atoms with Crippen molar-refractivity contribution < 1.29 is 19.1 Å². The summed E-state index contributed by atoms with van der Waals surface area (Å²) in [7, 11) is 1.54. The molecule has 4 amide bonds. The minimum Gasteiger partial charge on any atom is -0.497 e. The molecule has 7 nitrogen and oxygen atoms in total. The number of carbonyl (C=O) groups excluding carboxylic acids is 3. The second kappa shape index (κ2) is 9.21. The van der Waals surface area contributed by atoms with Crippen LogP contribution in [0, 0.1) is 6.92 Å². The van der Waals surface area contributed by atoms with Crippen LogP contribution in [0.4, 0.5) is 16.2 Å². The molecule has 1 fully saturated rings. The Morgan fingerprint density at radius 1 is 1.14 bits per heavy atom. The lowest BCUT2D eigenvalue weighted by Crippen LogP contribution is -2.54. The molecular weight excluding hydrogens is 442 g/mol. The monoisotopic (exact) mass is 475 g/mol. The standard InChI is InChI=1S/C28H33N3O4/c1-7-12-30-24-13-17(2)19(14-22(24)18(3)16-28(30,4)5)15-23-25(32)29-27(34)31(26(23)33)20-8-10-21(35-6)11-9-20/h8-11,13-15,18H,7,12,16H2,1-6H3,(H,29,32,34)/b23-15-. The Labute approximate surface area is 206 Å². The van der Waals surface area contributed by atoms with Crippen molar-refractivity contribution in [2.45, 2.75) is 58.9 Å². The largest absolute Gasteiger partial charge is 0.497 e. The van der Waals surface area contributed by atoms with Crippen LogP contribution in [0.1, 0.15) is 63.1 Å². The Morgan fingerprint density at radius 2 is 1.83 bits per heavy atom. The Balaban J connectivity index is 1.75. The van der Waals surface area contributed by atoms with Crippen LogP contribution in [0.2, 0.25) is 0 Å². The predicted octanol–water partition coefficient (Wildman–Crippen LogP) is 5.17. The topological polar surface area (TPSA) is 79.0 Å². The number of nitrogens with zero attached hydrogens (tertiary/aromatic N) is 2. The molecule has 0 bridgehead atoms. The predicted molar refractivity (Wildman–Crippen MR) is 138 cm³/mol. The Hall–Kier alpha value is -3.61. The van der Waals surface area contributed by atoms with E-state index in [-0.39, 0.29) is 11.1 Å². The van der Waals surface area contributed by atoms with Crippen molar-refractivity contribution in [2.24, 2.45) is 0 Å². The molecule has 1 unspecified atom stereocenters. The van der Waals surface area contributed by atoms with Gasteiger partial charge in [-0.25, -0.2) is 9.69 Å². The molecule has 2 aromatic rings. The average Bonchev–Trinajstić information content (AvgIpc) is 2.80. The number of barbiturate groups is 1. The number of fused-ring (bicyclic) bond motifs is 1. The highest BCUT2D eigenvalue weighted by molar-refractivity contribution is 6.39. The lowest BCUT2D eigenvalue weighted by atomic mass is 9.78. The zero-order valence-corrected chi connectivity index (χ0v) is 21.3. The number of aryl methyl sites for hydroxylation is 1. The second-order valence-corrected chi connectivity index (χ2v) is 9.99. The van der Waals surface area contributed by atoms with Crippen LogP contribution < -0.4 is 19.9 Å². The van der Waals surface area contributed by atoms with Crippen LogP contribution in [-0.2, 0) is 9.59 Å². The summed E-state index contributed by atoms with van der Waals surface area (Å²) in [6, 6.07) is 10.0. The third kappa shape index (κ3) is 4.43. The number of nitrogens with one attached hydrogen (secondary N) is 1. The van der Waals surface area contributed by atoms with Crippen molar-refractivity contribution in [3.05, 3.63) is 58.7 Å². The Morgan fingerprint density at radius 3 is 2.46 bits per heavy atom. The van der Waals surface area contributed by atoms with Crippen molar-refractivity contribution in [2.75, 3.05) is 23.5 Å². The van der Waals surface area contributed by atoms with Gasteiger partial charge in [-0.05, 0) is 98.7 Å². The number of amides is 4. The minimum atomic E-state index is -0.768. The van der Waals surface area contributed by atoms with E-state index in [1.54, 1.807) is 30.3 Å². The summed E-state index contributed by atoms with van der Waals surface area (Å²) in [5.41, 5.74) is 4.53. The highest BCUT2D eigenvalue weighted by Gasteiger charge is 2.38. The van der Waals surface area contributed by atoms with Crippen LogP contribution in [0.25, 0.3) is 6.08 Å². The zero-order chi connectivity index (χ0) is 25.5. The van der Waals surface area contributed by atoms with Crippen LogP contribution in [0.3, 0.4) is 0 Å². The summed E-state index contributed by atoms with van der Waals surface area (Å²) < 4.78 is 5.16. The molecule has 1 N–H and O–H groups in total. The minimum absolute atomic E-state index is 0.0489. The first kappa shape index (κ1) is 24.5. The van der Waals surface area contributed by atoms with Crippen molar-refractivity contribution >= 4 is 35.3 Å². The number of rotatable bonds is 5. The van der Waals surface area contributed by atoms with Gasteiger partial charge in [-0.3, -0.25) is 14.9 Å². The molecule has 0 aliphatic carbocycles. The van der Waals surface area contributed by atoms with E-state index in [0.717, 1.165) is 35.4 Å². The van der Waals surface area contributed by atoms with E-state index in [4.69, 9.17) is 4.74 Å². The van der Waals surface area contributed by atoms with Gasteiger partial charge in [0, 0.05) is 17.8 Å². The maximum absolute atomic E-state index is 13.3. The normalized spacial score (nSPS) is 20.7. The number of imide groups is 2. The van der Waals surface area contributed by atoms with Crippen LogP contribution >= 0.6 is 0 Å². The Bertz CT molecular complexity index is 1210. The zero-order valence-electron chi connectivity index (χ0n) is 21.3. The third-order valence-corrected chi connectivity index (χ3v) is 6.95. The van der Waals surface area contributed by atoms with E-state index in [1.807, 2.05) is 6.92 Å². The second-order valence-electron chi connectivity index (χ2n) is 9.99. The third-order valence-electron chi connectivity index (χ3n) is 6.95. The van der Waals surface area contributed by atoms with Crippen molar-refractivity contribution in [3.63, 3.8) is 0 Å². The molecule has 2 aliphatic heterocycles. The van der Waals surface area contributed by atoms with E-state index in [0.29, 0.717) is 17.4 Å². The molecule has 0 spiro atoms. The first-order chi connectivity index (χ1) is 16.6. The number of hydrogen-bond donors (Lipinski definition) is 1. The van der Waals surface area contributed by atoms with E-state index >= 15 is 0 Å². The van der Waals surface area contributed by atoms with Gasteiger partial charge in [0.2, 0.25) is 0 Å². The molecule has 2 aliphatic rings. The first-order valence-corrected chi connectivity index (χ1v) is 12.0. The number of hydrogen-bond acceptors (Lipinski definition) is 5. The first-order valence-electron chi connectivity index (χ1n) is 12.0. The van der Waals surface area contributed by atoms with E-state index in [9.17, 15) is 14.4 Å². The van der Waals surface area contributed by atoms with Crippen molar-refractivity contribution in [1.82, 2.24) is 5.32 Å². The molecule has 1 saturated heterocycles. The number of ether oxygens (including phenoxy) is 1. The number of methoxy groups -OCH3 is 1. The van der Waals surface area contributed by atoms with Gasteiger partial charge in [0.05, 0.1) is 12.8 Å². The molecule has 184 valence electrons. The van der Waals surface area contributed by atoms with Gasteiger partial charge < -0.3 is 9.64 Å². The summed E-state index contributed by atoms with van der Waals surface area (Å²) in [5.74, 6) is -0.407. The molecule has 4 rings (SSSR count). The smallest absolute Gasteiger partial charge is 0.335 e. The Kier molecular flexibility index (Phi) is 6.45. The lowest BCUT2D eigenvalue weighted by molar-refractivity contribution is -0.122. The summed E-state index contributed by atoms with van der Waals surface area (Å²) >= 11 is 0. The lowest BCUT2D eigenvalue weighted by Gasteiger charge is -2.48. The van der Waals surface area contributed by atoms with Crippen molar-refractivity contribution in [3.8, 4) is 5.75 Å². The molecule has 1 atom stereocenters. The molecule has 7 heteroatoms. The van der Waals surface area contributed by atoms with Gasteiger partial charge >= 0.3 is 6.03 Å². The van der Waals surface area contributed by atoms with Crippen molar-refractivity contribution in [1.29, 1.82) is 0 Å². The molecule has 35 heavy (non-hydrogen) atoms. The molecule has 0 saturated carbocycles. The van der Waals surface area contributed by atoms with Crippen LogP contribution in [0.5, 0.6) is 5.75 Å². The van der Waals surface area contributed by atoms with Gasteiger partial charge in [-0.1, -0.05) is 13.8 Å². The van der Waals surface area contributed by atoms with E-state index in [2.05, 4.69) is 50.0 Å². The molecule has 2 aromatic carbocycles. The SMILES string of the molecule is CCCN1c2cc(C)c(/C=C3/C(=O)NC(=O)N(c4ccc(OC)cc4)C3=O)cc2C(C)CC1(C)C. The molecule has 0 aromatic heterocycles. The number of benzene rings is 2. The van der Waals surface area contributed by atoms with Gasteiger partial charge in [0.15, 0.2) is 0 Å². The van der Waals surface area contributed by atoms with E-state index in [1.165, 1.54) is 18.4 Å². The number of carbonyl (C=O) groups is 3. The summed E-state index contributed by atoms with van der Waals surface area (Å²) in [5, 5.41) is 2.30.